The molecule has 2 unspecified atom stereocenters. The highest BCUT2D eigenvalue weighted by Crippen LogP contribution is 2.34. The summed E-state index contributed by atoms with van der Waals surface area (Å²) in [5, 5.41) is 12.0. The predicted molar refractivity (Wildman–Crippen MR) is 84.4 cm³/mol. The third-order valence-corrected chi connectivity index (χ3v) is 4.14. The number of halogens is 3. The number of hydrogen-bond acceptors (Lipinski definition) is 4. The van der Waals surface area contributed by atoms with Crippen LogP contribution in [0.4, 0.5) is 19.0 Å². The van der Waals surface area contributed by atoms with Crippen LogP contribution >= 0.6 is 0 Å². The van der Waals surface area contributed by atoms with E-state index in [-0.39, 0.29) is 28.8 Å². The lowest BCUT2D eigenvalue weighted by Crippen LogP contribution is -2.42. The van der Waals surface area contributed by atoms with Gasteiger partial charge in [0.05, 0.1) is 11.7 Å². The first-order valence-corrected chi connectivity index (χ1v) is 7.96. The standard InChI is InChI=1S/C17H22F3N3O/c1-16(2,3)14-12(5-4-8-24-14)10-22-15-11(9-21)6-7-13(23-15)17(18,19)20/h6-7,12,14H,4-5,8,10H2,1-3H3,(H,22,23). The van der Waals surface area contributed by atoms with Gasteiger partial charge in [0.25, 0.3) is 0 Å². The minimum atomic E-state index is -4.54. The molecule has 1 fully saturated rings. The third kappa shape index (κ3) is 4.38. The number of nitrogens with one attached hydrogen (secondary N) is 1. The number of anilines is 1. The number of aromatic nitrogens is 1. The van der Waals surface area contributed by atoms with E-state index in [0.717, 1.165) is 25.0 Å². The van der Waals surface area contributed by atoms with Gasteiger partial charge in [0.15, 0.2) is 0 Å². The number of pyridine rings is 1. The van der Waals surface area contributed by atoms with Crippen molar-refractivity contribution in [2.45, 2.75) is 45.9 Å². The van der Waals surface area contributed by atoms with E-state index in [9.17, 15) is 13.2 Å². The molecule has 24 heavy (non-hydrogen) atoms. The van der Waals surface area contributed by atoms with Crippen molar-refractivity contribution >= 4 is 5.82 Å². The van der Waals surface area contributed by atoms with Gasteiger partial charge in [-0.1, -0.05) is 20.8 Å². The van der Waals surface area contributed by atoms with E-state index < -0.39 is 11.9 Å². The fourth-order valence-corrected chi connectivity index (χ4v) is 3.08. The molecule has 0 radical (unpaired) electrons. The van der Waals surface area contributed by atoms with E-state index in [1.807, 2.05) is 6.07 Å². The molecule has 1 N–H and O–H groups in total. The van der Waals surface area contributed by atoms with Crippen molar-refractivity contribution in [2.24, 2.45) is 11.3 Å². The molecule has 0 aromatic carbocycles. The minimum absolute atomic E-state index is 0.00934. The zero-order chi connectivity index (χ0) is 18.0. The van der Waals surface area contributed by atoms with Crippen LogP contribution in [0.1, 0.15) is 44.9 Å². The first kappa shape index (κ1) is 18.5. The molecule has 2 atom stereocenters. The molecule has 1 aromatic rings. The van der Waals surface area contributed by atoms with Gasteiger partial charge in [0.1, 0.15) is 17.6 Å². The highest BCUT2D eigenvalue weighted by Gasteiger charge is 2.36. The Morgan fingerprint density at radius 2 is 2.04 bits per heavy atom. The summed E-state index contributed by atoms with van der Waals surface area (Å²) in [6, 6.07) is 3.85. The molecule has 1 saturated heterocycles. The summed E-state index contributed by atoms with van der Waals surface area (Å²) < 4.78 is 44.3. The van der Waals surface area contributed by atoms with Gasteiger partial charge in [-0.25, -0.2) is 4.98 Å². The molecular formula is C17H22F3N3O. The van der Waals surface area contributed by atoms with E-state index in [2.05, 4.69) is 31.1 Å². The molecule has 2 heterocycles. The van der Waals surface area contributed by atoms with Gasteiger partial charge in [-0.15, -0.1) is 0 Å². The molecule has 1 aliphatic rings. The van der Waals surface area contributed by atoms with Crippen molar-refractivity contribution in [2.75, 3.05) is 18.5 Å². The number of rotatable bonds is 3. The molecular weight excluding hydrogens is 319 g/mol. The van der Waals surface area contributed by atoms with Gasteiger partial charge in [-0.05, 0) is 30.4 Å². The average molecular weight is 341 g/mol. The van der Waals surface area contributed by atoms with Crippen molar-refractivity contribution < 1.29 is 17.9 Å². The zero-order valence-corrected chi connectivity index (χ0v) is 14.1. The Bertz CT molecular complexity index is 617. The second-order valence-electron chi connectivity index (χ2n) is 7.14. The van der Waals surface area contributed by atoms with Gasteiger partial charge < -0.3 is 10.1 Å². The summed E-state index contributed by atoms with van der Waals surface area (Å²) in [7, 11) is 0. The Morgan fingerprint density at radius 3 is 2.62 bits per heavy atom. The summed E-state index contributed by atoms with van der Waals surface area (Å²) in [6.07, 6.45) is -2.68. The normalized spacial score (nSPS) is 22.0. The fourth-order valence-electron chi connectivity index (χ4n) is 3.08. The lowest BCUT2D eigenvalue weighted by Gasteiger charge is -2.40. The number of ether oxygens (including phenoxy) is 1. The van der Waals surface area contributed by atoms with E-state index in [1.54, 1.807) is 0 Å². The average Bonchev–Trinajstić information content (AvgIpc) is 2.51. The predicted octanol–water partition coefficient (Wildman–Crippen LogP) is 4.23. The van der Waals surface area contributed by atoms with Crippen molar-refractivity contribution in [3.8, 4) is 6.07 Å². The molecule has 7 heteroatoms. The number of nitriles is 1. The quantitative estimate of drug-likeness (QED) is 0.894. The van der Waals surface area contributed by atoms with Crippen molar-refractivity contribution in [3.05, 3.63) is 23.4 Å². The van der Waals surface area contributed by atoms with Gasteiger partial charge >= 0.3 is 6.18 Å². The molecule has 0 aliphatic carbocycles. The first-order valence-electron chi connectivity index (χ1n) is 7.96. The third-order valence-electron chi connectivity index (χ3n) is 4.14. The summed E-state index contributed by atoms with van der Waals surface area (Å²) in [6.45, 7) is 7.37. The lowest BCUT2D eigenvalue weighted by molar-refractivity contribution is -0.141. The number of hydrogen-bond donors (Lipinski definition) is 1. The Balaban J connectivity index is 2.17. The van der Waals surface area contributed by atoms with Crippen LogP contribution in [0.5, 0.6) is 0 Å². The van der Waals surface area contributed by atoms with Crippen molar-refractivity contribution in [1.82, 2.24) is 4.98 Å². The number of alkyl halides is 3. The molecule has 4 nitrogen and oxygen atoms in total. The van der Waals surface area contributed by atoms with Gasteiger partial charge in [0, 0.05) is 19.1 Å². The monoisotopic (exact) mass is 341 g/mol. The van der Waals surface area contributed by atoms with Gasteiger partial charge in [-0.3, -0.25) is 0 Å². The molecule has 1 aromatic heterocycles. The highest BCUT2D eigenvalue weighted by atomic mass is 19.4. The van der Waals surface area contributed by atoms with Crippen LogP contribution in [0, 0.1) is 22.7 Å². The van der Waals surface area contributed by atoms with Gasteiger partial charge in [-0.2, -0.15) is 18.4 Å². The van der Waals surface area contributed by atoms with E-state index in [1.165, 1.54) is 0 Å². The van der Waals surface area contributed by atoms with Crippen LogP contribution in [0.25, 0.3) is 0 Å². The van der Waals surface area contributed by atoms with Crippen molar-refractivity contribution in [3.63, 3.8) is 0 Å². The maximum Gasteiger partial charge on any atom is 0.433 e. The SMILES string of the molecule is CC(C)(C)C1OCCCC1CNc1nc(C(F)(F)F)ccc1C#N. The fraction of sp³-hybridized carbons (Fsp3) is 0.647. The number of nitrogens with zero attached hydrogens (tertiary/aromatic N) is 2. The Kier molecular flexibility index (Phi) is 5.38. The topological polar surface area (TPSA) is 57.9 Å². The maximum absolute atomic E-state index is 12.8. The summed E-state index contributed by atoms with van der Waals surface area (Å²) in [4.78, 5) is 3.59. The summed E-state index contributed by atoms with van der Waals surface area (Å²) >= 11 is 0. The molecule has 1 aliphatic heterocycles. The molecule has 0 spiro atoms. The molecule has 0 bridgehead atoms. The van der Waals surface area contributed by atoms with E-state index in [4.69, 9.17) is 10.00 Å². The molecule has 0 amide bonds. The molecule has 2 rings (SSSR count). The zero-order valence-electron chi connectivity index (χ0n) is 14.1. The van der Waals surface area contributed by atoms with E-state index in [0.29, 0.717) is 13.2 Å². The van der Waals surface area contributed by atoms with Crippen LogP contribution in [-0.4, -0.2) is 24.2 Å². The Hall–Kier alpha value is -1.81. The first-order chi connectivity index (χ1) is 11.1. The minimum Gasteiger partial charge on any atom is -0.377 e. The summed E-state index contributed by atoms with van der Waals surface area (Å²) in [5.41, 5.74) is -0.963. The van der Waals surface area contributed by atoms with Crippen molar-refractivity contribution in [1.29, 1.82) is 5.26 Å². The smallest absolute Gasteiger partial charge is 0.377 e. The van der Waals surface area contributed by atoms with Crippen LogP contribution in [-0.2, 0) is 10.9 Å². The van der Waals surface area contributed by atoms with Gasteiger partial charge in [0.2, 0.25) is 0 Å². The van der Waals surface area contributed by atoms with Crippen LogP contribution in [0.3, 0.4) is 0 Å². The van der Waals surface area contributed by atoms with Crippen LogP contribution < -0.4 is 5.32 Å². The van der Waals surface area contributed by atoms with E-state index >= 15 is 0 Å². The Labute approximate surface area is 140 Å². The lowest BCUT2D eigenvalue weighted by atomic mass is 9.78. The van der Waals surface area contributed by atoms with Crippen LogP contribution in [0.2, 0.25) is 0 Å². The Morgan fingerprint density at radius 1 is 1.33 bits per heavy atom. The molecule has 132 valence electrons. The maximum atomic E-state index is 12.8. The second kappa shape index (κ2) is 6.98. The second-order valence-corrected chi connectivity index (χ2v) is 7.14. The molecule has 0 saturated carbocycles. The largest absolute Gasteiger partial charge is 0.433 e. The summed E-state index contributed by atoms with van der Waals surface area (Å²) in [5.74, 6) is 0.132. The highest BCUT2D eigenvalue weighted by molar-refractivity contribution is 5.52. The van der Waals surface area contributed by atoms with Crippen LogP contribution in [0.15, 0.2) is 12.1 Å².